The zero-order chi connectivity index (χ0) is 31.9. The lowest BCUT2D eigenvalue weighted by atomic mass is 9.82. The minimum Gasteiger partial charge on any atom is -0.0622 e. The molecule has 0 atom stereocenters. The van der Waals surface area contributed by atoms with Crippen molar-refractivity contribution < 1.29 is 0 Å². The van der Waals surface area contributed by atoms with E-state index in [1.165, 1.54) is 88.0 Å². The molecule has 0 heterocycles. The van der Waals surface area contributed by atoms with Gasteiger partial charge in [-0.2, -0.15) is 0 Å². The molecule has 0 saturated carbocycles. The van der Waals surface area contributed by atoms with Crippen LogP contribution in [-0.4, -0.2) is 0 Å². The van der Waals surface area contributed by atoms with Gasteiger partial charge in [-0.1, -0.05) is 182 Å². The minimum absolute atomic E-state index is 1.22. The van der Waals surface area contributed by atoms with Crippen LogP contribution in [0.2, 0.25) is 0 Å². The number of rotatable bonds is 5. The zero-order valence-corrected chi connectivity index (χ0v) is 26.5. The van der Waals surface area contributed by atoms with Crippen LogP contribution in [0.15, 0.2) is 194 Å². The molecule has 0 aromatic heterocycles. The van der Waals surface area contributed by atoms with Crippen molar-refractivity contribution in [2.45, 2.75) is 0 Å². The summed E-state index contributed by atoms with van der Waals surface area (Å²) in [5.41, 5.74) is 12.4. The minimum atomic E-state index is 1.22. The van der Waals surface area contributed by atoms with Gasteiger partial charge in [-0.15, -0.1) is 0 Å². The number of hydrogen-bond donors (Lipinski definition) is 0. The number of fused-ring (bicyclic) bond motifs is 3. The molecule has 48 heavy (non-hydrogen) atoms. The molecule has 0 fully saturated rings. The highest BCUT2D eigenvalue weighted by Gasteiger charge is 2.20. The third-order valence-corrected chi connectivity index (χ3v) is 9.67. The molecule has 9 aromatic rings. The summed E-state index contributed by atoms with van der Waals surface area (Å²) in [6.45, 7) is 0. The van der Waals surface area contributed by atoms with Gasteiger partial charge in [0.15, 0.2) is 0 Å². The Morgan fingerprint density at radius 1 is 0.208 bits per heavy atom. The summed E-state index contributed by atoms with van der Waals surface area (Å²) in [4.78, 5) is 0. The SMILES string of the molecule is c1ccc(-c2ccc(-c3c4ccccc4c(-c4ccccc4-c4ccccc4)c4ccccc34)cc2-c2ccc3ccccc3c2)cc1. The largest absolute Gasteiger partial charge is 0.0622 e. The normalized spacial score (nSPS) is 11.3. The first-order valence-electron chi connectivity index (χ1n) is 16.6. The first-order chi connectivity index (χ1) is 23.8. The molecule has 0 unspecified atom stereocenters. The first-order valence-corrected chi connectivity index (χ1v) is 16.6. The van der Waals surface area contributed by atoms with Crippen molar-refractivity contribution in [3.05, 3.63) is 194 Å². The van der Waals surface area contributed by atoms with Crippen LogP contribution >= 0.6 is 0 Å². The Bertz CT molecular complexity index is 2540. The van der Waals surface area contributed by atoms with E-state index in [9.17, 15) is 0 Å². The van der Waals surface area contributed by atoms with Gasteiger partial charge in [-0.05, 0) is 100 Å². The standard InChI is InChI=1S/C48H32/c1-3-16-34(17-4-1)39-21-9-10-22-41(39)48-44-25-13-11-23-42(44)47(43-24-12-14-26-45(43)48)38-29-30-40(35-18-5-2-6-19-35)46(32-38)37-28-27-33-15-7-8-20-36(33)31-37/h1-32H. The van der Waals surface area contributed by atoms with E-state index in [-0.39, 0.29) is 0 Å². The van der Waals surface area contributed by atoms with Crippen LogP contribution in [0.25, 0.3) is 88.0 Å². The predicted octanol–water partition coefficient (Wildman–Crippen LogP) is 13.5. The van der Waals surface area contributed by atoms with E-state index in [0.717, 1.165) is 0 Å². The highest BCUT2D eigenvalue weighted by Crippen LogP contribution is 2.47. The molecule has 0 aliphatic rings. The summed E-state index contributed by atoms with van der Waals surface area (Å²) in [5.74, 6) is 0. The summed E-state index contributed by atoms with van der Waals surface area (Å²) in [7, 11) is 0. The van der Waals surface area contributed by atoms with Gasteiger partial charge in [0.2, 0.25) is 0 Å². The van der Waals surface area contributed by atoms with E-state index in [2.05, 4.69) is 194 Å². The second-order valence-corrected chi connectivity index (χ2v) is 12.4. The quantitative estimate of drug-likeness (QED) is 0.171. The number of hydrogen-bond acceptors (Lipinski definition) is 0. The topological polar surface area (TPSA) is 0 Å². The maximum atomic E-state index is 2.41. The smallest absolute Gasteiger partial charge is 0.00201 e. The van der Waals surface area contributed by atoms with E-state index < -0.39 is 0 Å². The molecule has 224 valence electrons. The molecule has 0 nitrogen and oxygen atoms in total. The van der Waals surface area contributed by atoms with Crippen molar-refractivity contribution in [2.24, 2.45) is 0 Å². The molecule has 0 aliphatic heterocycles. The van der Waals surface area contributed by atoms with Crippen molar-refractivity contribution in [1.82, 2.24) is 0 Å². The van der Waals surface area contributed by atoms with E-state index in [4.69, 9.17) is 0 Å². The summed E-state index contributed by atoms with van der Waals surface area (Å²) in [5, 5.41) is 7.53. The van der Waals surface area contributed by atoms with Gasteiger partial charge in [0, 0.05) is 0 Å². The fourth-order valence-corrected chi connectivity index (χ4v) is 7.47. The average molecular weight is 609 g/mol. The predicted molar refractivity (Wildman–Crippen MR) is 206 cm³/mol. The van der Waals surface area contributed by atoms with Gasteiger partial charge in [-0.25, -0.2) is 0 Å². The Labute approximate surface area is 281 Å². The van der Waals surface area contributed by atoms with Crippen molar-refractivity contribution in [2.75, 3.05) is 0 Å². The summed E-state index contributed by atoms with van der Waals surface area (Å²) >= 11 is 0. The fourth-order valence-electron chi connectivity index (χ4n) is 7.47. The van der Waals surface area contributed by atoms with Crippen LogP contribution < -0.4 is 0 Å². The van der Waals surface area contributed by atoms with Crippen molar-refractivity contribution >= 4 is 32.3 Å². The maximum absolute atomic E-state index is 2.41. The lowest BCUT2D eigenvalue weighted by Gasteiger charge is -2.20. The van der Waals surface area contributed by atoms with E-state index in [1.807, 2.05) is 0 Å². The Morgan fingerprint density at radius 3 is 1.29 bits per heavy atom. The second-order valence-electron chi connectivity index (χ2n) is 12.4. The maximum Gasteiger partial charge on any atom is -0.00201 e. The molecule has 0 aliphatic carbocycles. The van der Waals surface area contributed by atoms with Crippen molar-refractivity contribution in [1.29, 1.82) is 0 Å². The second kappa shape index (κ2) is 11.8. The highest BCUT2D eigenvalue weighted by atomic mass is 14.2. The molecule has 0 radical (unpaired) electrons. The van der Waals surface area contributed by atoms with Crippen LogP contribution in [0.1, 0.15) is 0 Å². The highest BCUT2D eigenvalue weighted by molar-refractivity contribution is 6.22. The molecule has 0 N–H and O–H groups in total. The summed E-state index contributed by atoms with van der Waals surface area (Å²) < 4.78 is 0. The van der Waals surface area contributed by atoms with Gasteiger partial charge < -0.3 is 0 Å². The lowest BCUT2D eigenvalue weighted by Crippen LogP contribution is -1.93. The summed E-state index contributed by atoms with van der Waals surface area (Å²) in [6, 6.07) is 70.8. The molecule has 0 amide bonds. The van der Waals surface area contributed by atoms with Gasteiger partial charge in [-0.3, -0.25) is 0 Å². The Morgan fingerprint density at radius 2 is 0.667 bits per heavy atom. The van der Waals surface area contributed by atoms with E-state index >= 15 is 0 Å². The molecule has 9 aromatic carbocycles. The molecule has 0 heteroatoms. The van der Waals surface area contributed by atoms with E-state index in [1.54, 1.807) is 0 Å². The fraction of sp³-hybridized carbons (Fsp3) is 0. The molecule has 0 bridgehead atoms. The Balaban J connectivity index is 1.34. The first kappa shape index (κ1) is 28.0. The van der Waals surface area contributed by atoms with Crippen molar-refractivity contribution in [3.8, 4) is 55.6 Å². The monoisotopic (exact) mass is 608 g/mol. The summed E-state index contributed by atoms with van der Waals surface area (Å²) in [6.07, 6.45) is 0. The Hall–Kier alpha value is -6.24. The van der Waals surface area contributed by atoms with Crippen LogP contribution in [0, 0.1) is 0 Å². The Kier molecular flexibility index (Phi) is 6.91. The molecule has 9 rings (SSSR count). The van der Waals surface area contributed by atoms with E-state index in [0.29, 0.717) is 0 Å². The lowest BCUT2D eigenvalue weighted by molar-refractivity contribution is 1.58. The van der Waals surface area contributed by atoms with Crippen LogP contribution in [0.3, 0.4) is 0 Å². The molecule has 0 saturated heterocycles. The third kappa shape index (κ3) is 4.78. The number of benzene rings is 9. The van der Waals surface area contributed by atoms with Crippen LogP contribution in [0.4, 0.5) is 0 Å². The van der Waals surface area contributed by atoms with Crippen LogP contribution in [0.5, 0.6) is 0 Å². The third-order valence-electron chi connectivity index (χ3n) is 9.67. The molecule has 0 spiro atoms. The van der Waals surface area contributed by atoms with Gasteiger partial charge in [0.1, 0.15) is 0 Å². The average Bonchev–Trinajstić information content (AvgIpc) is 3.17. The molecular weight excluding hydrogens is 577 g/mol. The molecular formula is C48H32. The van der Waals surface area contributed by atoms with Gasteiger partial charge in [0.05, 0.1) is 0 Å². The zero-order valence-electron chi connectivity index (χ0n) is 26.5. The van der Waals surface area contributed by atoms with Gasteiger partial charge in [0.25, 0.3) is 0 Å². The van der Waals surface area contributed by atoms with Crippen LogP contribution in [-0.2, 0) is 0 Å². The van der Waals surface area contributed by atoms with Crippen molar-refractivity contribution in [3.63, 3.8) is 0 Å². The van der Waals surface area contributed by atoms with Gasteiger partial charge >= 0.3 is 0 Å².